The molecule has 2 nitrogen and oxygen atoms in total. The van der Waals surface area contributed by atoms with Crippen LogP contribution >= 0.6 is 31.9 Å². The van der Waals surface area contributed by atoms with Crippen LogP contribution in [-0.4, -0.2) is 11.7 Å². The molecule has 0 bridgehead atoms. The van der Waals surface area contributed by atoms with Crippen molar-refractivity contribution in [2.24, 2.45) is 5.92 Å². The van der Waals surface area contributed by atoms with Gasteiger partial charge < -0.3 is 10.4 Å². The molecule has 1 aliphatic rings. The number of hydrogen-bond acceptors (Lipinski definition) is 2. The molecule has 1 fully saturated rings. The fraction of sp³-hybridized carbons (Fsp3) is 0.600. The van der Waals surface area contributed by atoms with Crippen molar-refractivity contribution in [3.05, 3.63) is 26.6 Å². The molecule has 0 atom stereocenters. The summed E-state index contributed by atoms with van der Waals surface area (Å²) in [5.41, 5.74) is 1.18. The molecule has 0 aromatic heterocycles. The van der Waals surface area contributed by atoms with Crippen LogP contribution in [0.3, 0.4) is 0 Å². The Bertz CT molecular complexity index is 394. The first-order valence-corrected chi connectivity index (χ1v) is 8.63. The Morgan fingerprint density at radius 3 is 2.37 bits per heavy atom. The summed E-state index contributed by atoms with van der Waals surface area (Å²) in [6.07, 6.45) is 8.39. The van der Waals surface area contributed by atoms with Gasteiger partial charge in [-0.15, -0.1) is 0 Å². The van der Waals surface area contributed by atoms with Crippen LogP contribution in [0.25, 0.3) is 0 Å². The second-order valence-electron chi connectivity index (χ2n) is 5.38. The van der Waals surface area contributed by atoms with Gasteiger partial charge in [0.1, 0.15) is 5.75 Å². The minimum Gasteiger partial charge on any atom is -0.506 e. The SMILES string of the molecule is Oc1c(Br)cc(CNCCC2CCCCC2)cc1Br. The first kappa shape index (κ1) is 15.3. The van der Waals surface area contributed by atoms with Gasteiger partial charge in [0, 0.05) is 6.54 Å². The van der Waals surface area contributed by atoms with Crippen LogP contribution in [0.1, 0.15) is 44.1 Å². The summed E-state index contributed by atoms with van der Waals surface area (Å²) in [5, 5.41) is 13.2. The average Bonchev–Trinajstić information content (AvgIpc) is 2.42. The molecule has 1 aromatic carbocycles. The minimum absolute atomic E-state index is 0.269. The third-order valence-electron chi connectivity index (χ3n) is 3.86. The van der Waals surface area contributed by atoms with Gasteiger partial charge >= 0.3 is 0 Å². The minimum atomic E-state index is 0.269. The molecular weight excluding hydrogens is 370 g/mol. The van der Waals surface area contributed by atoms with E-state index in [1.165, 1.54) is 44.1 Å². The monoisotopic (exact) mass is 389 g/mol. The molecule has 2 rings (SSSR count). The maximum absolute atomic E-state index is 9.66. The van der Waals surface area contributed by atoms with Gasteiger partial charge in [-0.2, -0.15) is 0 Å². The van der Waals surface area contributed by atoms with E-state index in [0.29, 0.717) is 0 Å². The summed E-state index contributed by atoms with van der Waals surface area (Å²) in [4.78, 5) is 0. The summed E-state index contributed by atoms with van der Waals surface area (Å²) in [6.45, 7) is 1.94. The lowest BCUT2D eigenvalue weighted by Crippen LogP contribution is -2.19. The predicted octanol–water partition coefficient (Wildman–Crippen LogP) is 4.98. The molecule has 0 heterocycles. The van der Waals surface area contributed by atoms with Gasteiger partial charge in [0.25, 0.3) is 0 Å². The maximum atomic E-state index is 9.66. The summed E-state index contributed by atoms with van der Waals surface area (Å²) in [6, 6.07) is 3.93. The van der Waals surface area contributed by atoms with E-state index in [0.717, 1.165) is 28.0 Å². The zero-order valence-corrected chi connectivity index (χ0v) is 14.3. The van der Waals surface area contributed by atoms with E-state index in [2.05, 4.69) is 37.2 Å². The molecule has 0 radical (unpaired) electrons. The predicted molar refractivity (Wildman–Crippen MR) is 86.4 cm³/mol. The first-order chi connectivity index (χ1) is 9.16. The normalized spacial score (nSPS) is 16.7. The molecule has 0 aliphatic heterocycles. The third-order valence-corrected chi connectivity index (χ3v) is 5.07. The van der Waals surface area contributed by atoms with Crippen molar-refractivity contribution in [1.82, 2.24) is 5.32 Å². The van der Waals surface area contributed by atoms with Crippen molar-refractivity contribution in [1.29, 1.82) is 0 Å². The molecule has 0 spiro atoms. The highest BCUT2D eigenvalue weighted by molar-refractivity contribution is 9.11. The lowest BCUT2D eigenvalue weighted by molar-refractivity contribution is 0.334. The van der Waals surface area contributed by atoms with Crippen LogP contribution in [0.2, 0.25) is 0 Å². The second-order valence-corrected chi connectivity index (χ2v) is 7.09. The molecule has 2 N–H and O–H groups in total. The molecule has 4 heteroatoms. The van der Waals surface area contributed by atoms with Crippen molar-refractivity contribution < 1.29 is 5.11 Å². The number of hydrogen-bond donors (Lipinski definition) is 2. The summed E-state index contributed by atoms with van der Waals surface area (Å²) in [5.74, 6) is 1.20. The number of phenols is 1. The summed E-state index contributed by atoms with van der Waals surface area (Å²) < 4.78 is 1.48. The summed E-state index contributed by atoms with van der Waals surface area (Å²) in [7, 11) is 0. The first-order valence-electron chi connectivity index (χ1n) is 7.04. The van der Waals surface area contributed by atoms with E-state index in [4.69, 9.17) is 0 Å². The fourth-order valence-electron chi connectivity index (χ4n) is 2.73. The van der Waals surface area contributed by atoms with E-state index < -0.39 is 0 Å². The molecule has 0 saturated heterocycles. The van der Waals surface area contributed by atoms with Crippen LogP contribution in [0.15, 0.2) is 21.1 Å². The smallest absolute Gasteiger partial charge is 0.143 e. The Labute approximate surface area is 132 Å². The number of benzene rings is 1. The van der Waals surface area contributed by atoms with Crippen LogP contribution in [0.5, 0.6) is 5.75 Å². The molecule has 0 unspecified atom stereocenters. The third kappa shape index (κ3) is 4.76. The highest BCUT2D eigenvalue weighted by Gasteiger charge is 2.12. The number of phenolic OH excluding ortho intramolecular Hbond substituents is 1. The summed E-state index contributed by atoms with van der Waals surface area (Å²) >= 11 is 6.72. The topological polar surface area (TPSA) is 32.3 Å². The highest BCUT2D eigenvalue weighted by Crippen LogP contribution is 2.33. The van der Waals surface area contributed by atoms with E-state index >= 15 is 0 Å². The Morgan fingerprint density at radius 2 is 1.74 bits per heavy atom. The fourth-order valence-corrected chi connectivity index (χ4v) is 4.02. The number of halogens is 2. The van der Waals surface area contributed by atoms with Gasteiger partial charge in [-0.05, 0) is 68.4 Å². The van der Waals surface area contributed by atoms with E-state index in [1.807, 2.05) is 12.1 Å². The van der Waals surface area contributed by atoms with Crippen molar-refractivity contribution in [2.45, 2.75) is 45.1 Å². The molecule has 106 valence electrons. The maximum Gasteiger partial charge on any atom is 0.143 e. The van der Waals surface area contributed by atoms with Crippen LogP contribution in [-0.2, 0) is 6.54 Å². The molecule has 1 aromatic rings. The molecular formula is C15H21Br2NO. The van der Waals surface area contributed by atoms with Gasteiger partial charge in [-0.3, -0.25) is 0 Å². The zero-order chi connectivity index (χ0) is 13.7. The lowest BCUT2D eigenvalue weighted by atomic mass is 9.87. The standard InChI is InChI=1S/C15H21Br2NO/c16-13-8-12(9-14(17)15(13)19)10-18-7-6-11-4-2-1-3-5-11/h8-9,11,18-19H,1-7,10H2. The second kappa shape index (κ2) is 7.65. The Balaban J connectivity index is 1.73. The molecule has 0 amide bonds. The molecule has 1 aliphatic carbocycles. The number of aromatic hydroxyl groups is 1. The van der Waals surface area contributed by atoms with Crippen LogP contribution < -0.4 is 5.32 Å². The quantitative estimate of drug-likeness (QED) is 0.695. The highest BCUT2D eigenvalue weighted by atomic mass is 79.9. The van der Waals surface area contributed by atoms with Crippen molar-refractivity contribution in [3.8, 4) is 5.75 Å². The van der Waals surface area contributed by atoms with E-state index in [9.17, 15) is 5.11 Å². The van der Waals surface area contributed by atoms with Crippen molar-refractivity contribution in [2.75, 3.05) is 6.54 Å². The molecule has 19 heavy (non-hydrogen) atoms. The largest absolute Gasteiger partial charge is 0.506 e. The van der Waals surface area contributed by atoms with Gasteiger partial charge in [0.05, 0.1) is 8.95 Å². The molecule has 1 saturated carbocycles. The van der Waals surface area contributed by atoms with Crippen molar-refractivity contribution >= 4 is 31.9 Å². The van der Waals surface area contributed by atoms with E-state index in [1.54, 1.807) is 0 Å². The zero-order valence-electron chi connectivity index (χ0n) is 11.1. The van der Waals surface area contributed by atoms with Crippen molar-refractivity contribution in [3.63, 3.8) is 0 Å². The van der Waals surface area contributed by atoms with Crippen LogP contribution in [0.4, 0.5) is 0 Å². The number of nitrogens with one attached hydrogen (secondary N) is 1. The Hall–Kier alpha value is -0.0600. The van der Waals surface area contributed by atoms with Gasteiger partial charge in [-0.1, -0.05) is 32.1 Å². The Morgan fingerprint density at radius 1 is 1.11 bits per heavy atom. The van der Waals surface area contributed by atoms with E-state index in [-0.39, 0.29) is 5.75 Å². The number of rotatable bonds is 5. The lowest BCUT2D eigenvalue weighted by Gasteiger charge is -2.21. The Kier molecular flexibility index (Phi) is 6.17. The average molecular weight is 391 g/mol. The van der Waals surface area contributed by atoms with Gasteiger partial charge in [0.15, 0.2) is 0 Å². The van der Waals surface area contributed by atoms with Gasteiger partial charge in [0.2, 0.25) is 0 Å². The van der Waals surface area contributed by atoms with Gasteiger partial charge in [-0.25, -0.2) is 0 Å². The van der Waals surface area contributed by atoms with Crippen LogP contribution in [0, 0.1) is 5.92 Å².